The molecule has 3 aliphatic rings. The molecular weight excluding hydrogens is 965 g/mol. The third-order valence-electron chi connectivity index (χ3n) is 12.5. The number of carbonyl (C=O) groups is 10. The zero-order chi connectivity index (χ0) is 54.3. The number of hydrogen-bond acceptors (Lipinski definition) is 13. The van der Waals surface area contributed by atoms with Gasteiger partial charge in [-0.1, -0.05) is 60.7 Å². The molecule has 3 heterocycles. The second kappa shape index (κ2) is 29.7. The van der Waals surface area contributed by atoms with Crippen LogP contribution in [0.25, 0.3) is 0 Å². The van der Waals surface area contributed by atoms with Gasteiger partial charge in [-0.05, 0) is 69.5 Å². The molecule has 2 aromatic carbocycles. The van der Waals surface area contributed by atoms with E-state index in [-0.39, 0.29) is 70.8 Å². The van der Waals surface area contributed by atoms with Crippen molar-refractivity contribution in [3.8, 4) is 0 Å². The van der Waals surface area contributed by atoms with E-state index in [1.54, 1.807) is 67.7 Å². The molecule has 8 amide bonds. The normalized spacial score (nSPS) is 18.5. The van der Waals surface area contributed by atoms with Gasteiger partial charge in [-0.25, -0.2) is 4.79 Å². The van der Waals surface area contributed by atoms with Crippen LogP contribution < -0.4 is 43.4 Å². The Morgan fingerprint density at radius 1 is 0.635 bits per heavy atom. The number of aliphatic hydroxyl groups is 1. The lowest BCUT2D eigenvalue weighted by Gasteiger charge is -2.33. The Balaban J connectivity index is 0.00000286. The number of amides is 8. The summed E-state index contributed by atoms with van der Waals surface area (Å²) in [6.07, 6.45) is 2.78. The number of nitrogens with two attached hydrogens (primary N) is 2. The number of nitrogens with one attached hydrogen (secondary N) is 6. The predicted octanol–water partition coefficient (Wildman–Crippen LogP) is -3.06. The fourth-order valence-electron chi connectivity index (χ4n) is 9.02. The van der Waals surface area contributed by atoms with E-state index in [2.05, 4.69) is 36.9 Å². The fourth-order valence-corrected chi connectivity index (χ4v) is 9.02. The molecule has 404 valence electrons. The first-order valence-electron chi connectivity index (χ1n) is 24.5. The lowest BCUT2D eigenvalue weighted by molar-refractivity contribution is -0.148. The van der Waals surface area contributed by atoms with Gasteiger partial charge in [-0.3, -0.25) is 48.1 Å². The summed E-state index contributed by atoms with van der Waals surface area (Å²) in [4.78, 5) is 138. The third-order valence-corrected chi connectivity index (χ3v) is 12.5. The number of guanidine groups is 1. The maximum atomic E-state index is 14.1. The molecule has 7 atom stereocenters. The molecule has 0 aromatic heterocycles. The minimum absolute atomic E-state index is 0.00501. The van der Waals surface area contributed by atoms with Crippen molar-refractivity contribution in [2.45, 2.75) is 113 Å². The number of benzene rings is 2. The average Bonchev–Trinajstić information content (AvgIpc) is 4.18. The third kappa shape index (κ3) is 18.1. The standard InChI is InChI=1S/C47H66N12O11.C2H4O2/c1-50-26-38(61)53-31(16-8-20-51-47(48)49)43(66)59-23-11-19-37(59)45(68)58-22-9-17-35(58)41(64)52-27-39(62)54-32(24-29-12-4-2-5-13-29)40(63)56-34(28-60)44(67)57-21-10-18-36(57)42(65)55-33(46(69)70)25-30-14-6-3-7-15-30;1-2(3)4/h2-7,12-15,31-37,50,60H,8-11,16-28H2,1H3,(H,52,64)(H,53,61)(H,54,62)(H,55,65)(H,56,63)(H,69,70)(H4,48,49,51);1H3,(H,3,4). The van der Waals surface area contributed by atoms with Gasteiger partial charge < -0.3 is 73.4 Å². The lowest BCUT2D eigenvalue weighted by Crippen LogP contribution is -2.59. The summed E-state index contributed by atoms with van der Waals surface area (Å²) in [5, 5.41) is 43.3. The van der Waals surface area contributed by atoms with Crippen LogP contribution in [0, 0.1) is 0 Å². The number of likely N-dealkylation sites (N-methyl/N-ethyl adjacent to an activating group) is 1. The molecule has 2 aromatic rings. The Morgan fingerprint density at radius 2 is 1.12 bits per heavy atom. The van der Waals surface area contributed by atoms with Gasteiger partial charge in [-0.15, -0.1) is 0 Å². The monoisotopic (exact) mass is 1030 g/mol. The quantitative estimate of drug-likeness (QED) is 0.0283. The van der Waals surface area contributed by atoms with Crippen molar-refractivity contribution in [3.05, 3.63) is 71.8 Å². The van der Waals surface area contributed by atoms with Crippen LogP contribution in [0.2, 0.25) is 0 Å². The van der Waals surface area contributed by atoms with Crippen LogP contribution in [0.15, 0.2) is 65.7 Å². The van der Waals surface area contributed by atoms with Gasteiger partial charge in [0.25, 0.3) is 5.97 Å². The first kappa shape index (κ1) is 58.9. The number of likely N-dealkylation sites (tertiary alicyclic amines) is 3. The van der Waals surface area contributed by atoms with Crippen LogP contribution in [-0.2, 0) is 60.8 Å². The lowest BCUT2D eigenvalue weighted by atomic mass is 10.0. The zero-order valence-electron chi connectivity index (χ0n) is 41.7. The Labute approximate surface area is 428 Å². The number of hydrogen-bond donors (Lipinski definition) is 11. The summed E-state index contributed by atoms with van der Waals surface area (Å²) in [5.74, 6) is -7.21. The molecule has 7 unspecified atom stereocenters. The van der Waals surface area contributed by atoms with Crippen molar-refractivity contribution in [1.29, 1.82) is 0 Å². The highest BCUT2D eigenvalue weighted by Crippen LogP contribution is 2.26. The predicted molar refractivity (Wildman–Crippen MR) is 267 cm³/mol. The summed E-state index contributed by atoms with van der Waals surface area (Å²) >= 11 is 0. The molecule has 25 heteroatoms. The Morgan fingerprint density at radius 3 is 1.66 bits per heavy atom. The molecule has 3 saturated heterocycles. The smallest absolute Gasteiger partial charge is 0.326 e. The topological polar surface area (TPSA) is 378 Å². The number of aliphatic imine (C=N–C) groups is 1. The molecular formula is C49H70N12O13. The number of aliphatic carboxylic acids is 2. The van der Waals surface area contributed by atoms with Crippen LogP contribution >= 0.6 is 0 Å². The Hall–Kier alpha value is -7.67. The highest BCUT2D eigenvalue weighted by Gasteiger charge is 2.44. The number of carbonyl (C=O) groups excluding carboxylic acids is 8. The van der Waals surface area contributed by atoms with Gasteiger partial charge >= 0.3 is 5.97 Å². The first-order chi connectivity index (χ1) is 35.3. The second-order valence-corrected chi connectivity index (χ2v) is 18.0. The Kier molecular flexibility index (Phi) is 23.7. The van der Waals surface area contributed by atoms with Gasteiger partial charge in [0.15, 0.2) is 5.96 Å². The average molecular weight is 1040 g/mol. The van der Waals surface area contributed by atoms with Crippen LogP contribution in [0.4, 0.5) is 0 Å². The van der Waals surface area contributed by atoms with Crippen molar-refractivity contribution in [2.75, 3.05) is 52.9 Å². The maximum absolute atomic E-state index is 14.1. The first-order valence-corrected chi connectivity index (χ1v) is 24.5. The summed E-state index contributed by atoms with van der Waals surface area (Å²) < 4.78 is 0. The molecule has 74 heavy (non-hydrogen) atoms. The van der Waals surface area contributed by atoms with Gasteiger partial charge in [0.1, 0.15) is 42.3 Å². The fraction of sp³-hybridized carbons (Fsp3) is 0.531. The van der Waals surface area contributed by atoms with Crippen LogP contribution in [0.5, 0.6) is 0 Å². The molecule has 3 fully saturated rings. The van der Waals surface area contributed by atoms with Crippen LogP contribution in [0.3, 0.4) is 0 Å². The van der Waals surface area contributed by atoms with Gasteiger partial charge in [0.2, 0.25) is 47.3 Å². The van der Waals surface area contributed by atoms with Crippen molar-refractivity contribution >= 4 is 65.2 Å². The largest absolute Gasteiger partial charge is 0.481 e. The van der Waals surface area contributed by atoms with E-state index < -0.39 is 115 Å². The molecule has 25 nitrogen and oxygen atoms in total. The number of rotatable bonds is 24. The SMILES string of the molecule is CC(=O)O.CNCC(=O)NC(CCCN=C(N)N)C(=O)N1CCCC1C(=O)N1CCCC1C(=O)NCC(=O)NC(Cc1ccccc1)C(=O)NC(CO)C(=O)N1CCCC1C(=O)NC(Cc1ccccc1)C(=O)O. The molecule has 13 N–H and O–H groups in total. The van der Waals surface area contributed by atoms with Gasteiger partial charge in [0, 0.05) is 45.9 Å². The minimum atomic E-state index is -1.54. The highest BCUT2D eigenvalue weighted by atomic mass is 16.4. The molecule has 0 radical (unpaired) electrons. The summed E-state index contributed by atoms with van der Waals surface area (Å²) in [6, 6.07) is 9.39. The minimum Gasteiger partial charge on any atom is -0.481 e. The zero-order valence-corrected chi connectivity index (χ0v) is 41.7. The van der Waals surface area contributed by atoms with Gasteiger partial charge in [0.05, 0.1) is 19.7 Å². The van der Waals surface area contributed by atoms with E-state index in [1.807, 2.05) is 0 Å². The molecule has 0 spiro atoms. The summed E-state index contributed by atoms with van der Waals surface area (Å²) in [6.45, 7) is 0.416. The number of carboxylic acid groups (broad SMARTS) is 2. The van der Waals surface area contributed by atoms with E-state index in [0.29, 0.717) is 43.2 Å². The number of carboxylic acids is 2. The molecule has 5 rings (SSSR count). The van der Waals surface area contributed by atoms with Crippen molar-refractivity contribution in [3.63, 3.8) is 0 Å². The molecule has 0 aliphatic carbocycles. The van der Waals surface area contributed by atoms with E-state index >= 15 is 0 Å². The second-order valence-electron chi connectivity index (χ2n) is 18.0. The summed E-state index contributed by atoms with van der Waals surface area (Å²) in [5.41, 5.74) is 12.2. The Bertz CT molecular complexity index is 2300. The van der Waals surface area contributed by atoms with Crippen molar-refractivity contribution in [2.24, 2.45) is 16.5 Å². The maximum Gasteiger partial charge on any atom is 0.326 e. The van der Waals surface area contributed by atoms with Crippen molar-refractivity contribution in [1.82, 2.24) is 46.6 Å². The van der Waals surface area contributed by atoms with E-state index in [9.17, 15) is 53.4 Å². The van der Waals surface area contributed by atoms with Crippen molar-refractivity contribution < 1.29 is 63.3 Å². The van der Waals surface area contributed by atoms with Crippen LogP contribution in [0.1, 0.15) is 69.4 Å². The van der Waals surface area contributed by atoms with E-state index in [4.69, 9.17) is 21.4 Å². The number of nitrogens with zero attached hydrogens (tertiary/aromatic N) is 4. The van der Waals surface area contributed by atoms with E-state index in [0.717, 1.165) is 6.92 Å². The van der Waals surface area contributed by atoms with E-state index in [1.165, 1.54) is 14.7 Å². The summed E-state index contributed by atoms with van der Waals surface area (Å²) in [7, 11) is 1.59. The highest BCUT2D eigenvalue weighted by molar-refractivity contribution is 5.98. The molecule has 0 bridgehead atoms. The number of aliphatic hydroxyl groups excluding tert-OH is 1. The molecule has 0 saturated carbocycles. The van der Waals surface area contributed by atoms with Crippen LogP contribution in [-0.4, -0.2) is 190 Å². The van der Waals surface area contributed by atoms with Gasteiger partial charge in [-0.2, -0.15) is 0 Å². The molecule has 3 aliphatic heterocycles.